The SMILES string of the molecule is Cc1ccccc1C1CC(O)CN1.Cl. The number of halogens is 1. The molecule has 2 N–H and O–H groups in total. The number of β-amino-alcohol motifs (C(OH)–C–C–N with tert-alkyl or cyclic N) is 1. The molecule has 1 aromatic carbocycles. The first-order valence-corrected chi connectivity index (χ1v) is 4.74. The molecule has 1 heterocycles. The van der Waals surface area contributed by atoms with Crippen LogP contribution in [-0.4, -0.2) is 17.8 Å². The van der Waals surface area contributed by atoms with E-state index in [1.54, 1.807) is 0 Å². The molecule has 2 rings (SSSR count). The highest BCUT2D eigenvalue weighted by atomic mass is 35.5. The first-order valence-electron chi connectivity index (χ1n) is 4.74. The number of hydrogen-bond acceptors (Lipinski definition) is 2. The summed E-state index contributed by atoms with van der Waals surface area (Å²) in [6.45, 7) is 2.83. The van der Waals surface area contributed by atoms with Gasteiger partial charge in [0.1, 0.15) is 0 Å². The van der Waals surface area contributed by atoms with Gasteiger partial charge in [0, 0.05) is 12.6 Å². The number of nitrogens with one attached hydrogen (secondary N) is 1. The first kappa shape index (κ1) is 11.5. The standard InChI is InChI=1S/C11H15NO.ClH/c1-8-4-2-3-5-10(8)11-6-9(13)7-12-11;/h2-5,9,11-13H,6-7H2,1H3;1H. The zero-order valence-electron chi connectivity index (χ0n) is 8.23. The van der Waals surface area contributed by atoms with Gasteiger partial charge in [0.05, 0.1) is 6.10 Å². The Balaban J connectivity index is 0.000000980. The van der Waals surface area contributed by atoms with Crippen molar-refractivity contribution < 1.29 is 5.11 Å². The molecule has 1 aliphatic rings. The maximum absolute atomic E-state index is 9.39. The van der Waals surface area contributed by atoms with Gasteiger partial charge in [0.15, 0.2) is 0 Å². The smallest absolute Gasteiger partial charge is 0.0682 e. The van der Waals surface area contributed by atoms with Crippen LogP contribution in [0.25, 0.3) is 0 Å². The second kappa shape index (κ2) is 4.78. The largest absolute Gasteiger partial charge is 0.392 e. The van der Waals surface area contributed by atoms with E-state index in [1.807, 2.05) is 6.07 Å². The van der Waals surface area contributed by atoms with E-state index in [1.165, 1.54) is 11.1 Å². The zero-order valence-corrected chi connectivity index (χ0v) is 9.05. The van der Waals surface area contributed by atoms with Crippen molar-refractivity contribution in [1.29, 1.82) is 0 Å². The molecular weight excluding hydrogens is 198 g/mol. The molecule has 2 nitrogen and oxygen atoms in total. The van der Waals surface area contributed by atoms with Crippen LogP contribution in [-0.2, 0) is 0 Å². The highest BCUT2D eigenvalue weighted by Crippen LogP contribution is 2.25. The Hall–Kier alpha value is -0.570. The van der Waals surface area contributed by atoms with Crippen molar-refractivity contribution in [2.45, 2.75) is 25.5 Å². The normalized spacial score (nSPS) is 25.9. The number of aliphatic hydroxyl groups excluding tert-OH is 1. The molecule has 2 atom stereocenters. The van der Waals surface area contributed by atoms with Crippen LogP contribution >= 0.6 is 12.4 Å². The molecule has 0 amide bonds. The summed E-state index contributed by atoms with van der Waals surface area (Å²) in [5.74, 6) is 0. The highest BCUT2D eigenvalue weighted by molar-refractivity contribution is 5.85. The second-order valence-electron chi connectivity index (χ2n) is 3.71. The summed E-state index contributed by atoms with van der Waals surface area (Å²) in [6.07, 6.45) is 0.662. The van der Waals surface area contributed by atoms with Gasteiger partial charge in [0.2, 0.25) is 0 Å². The van der Waals surface area contributed by atoms with Gasteiger partial charge in [-0.15, -0.1) is 12.4 Å². The van der Waals surface area contributed by atoms with Crippen molar-refractivity contribution >= 4 is 12.4 Å². The predicted octanol–water partition coefficient (Wildman–Crippen LogP) is 1.81. The third-order valence-electron chi connectivity index (χ3n) is 2.67. The summed E-state index contributed by atoms with van der Waals surface area (Å²) < 4.78 is 0. The van der Waals surface area contributed by atoms with Crippen LogP contribution in [0.1, 0.15) is 23.6 Å². The number of rotatable bonds is 1. The van der Waals surface area contributed by atoms with Gasteiger partial charge in [0.25, 0.3) is 0 Å². The van der Waals surface area contributed by atoms with E-state index in [0.717, 1.165) is 13.0 Å². The Labute approximate surface area is 90.7 Å². The van der Waals surface area contributed by atoms with Crippen molar-refractivity contribution in [1.82, 2.24) is 5.32 Å². The van der Waals surface area contributed by atoms with Crippen molar-refractivity contribution in [2.24, 2.45) is 0 Å². The molecule has 3 heteroatoms. The lowest BCUT2D eigenvalue weighted by molar-refractivity contribution is 0.193. The Bertz CT molecular complexity index is 303. The van der Waals surface area contributed by atoms with Crippen molar-refractivity contribution in [2.75, 3.05) is 6.54 Å². The van der Waals surface area contributed by atoms with E-state index in [0.29, 0.717) is 6.04 Å². The van der Waals surface area contributed by atoms with Gasteiger partial charge in [-0.1, -0.05) is 24.3 Å². The minimum absolute atomic E-state index is 0. The first-order chi connectivity index (χ1) is 6.27. The average molecular weight is 214 g/mol. The number of hydrogen-bond donors (Lipinski definition) is 2. The third kappa shape index (κ3) is 2.27. The molecule has 1 saturated heterocycles. The Morgan fingerprint density at radius 3 is 2.64 bits per heavy atom. The minimum Gasteiger partial charge on any atom is -0.392 e. The fourth-order valence-corrected chi connectivity index (χ4v) is 1.93. The van der Waals surface area contributed by atoms with Crippen LogP contribution in [0, 0.1) is 6.92 Å². The molecule has 1 aromatic rings. The summed E-state index contributed by atoms with van der Waals surface area (Å²) >= 11 is 0. The lowest BCUT2D eigenvalue weighted by Crippen LogP contribution is -2.15. The fourth-order valence-electron chi connectivity index (χ4n) is 1.93. The fraction of sp³-hybridized carbons (Fsp3) is 0.455. The topological polar surface area (TPSA) is 32.3 Å². The zero-order chi connectivity index (χ0) is 9.26. The van der Waals surface area contributed by atoms with Crippen molar-refractivity contribution in [3.8, 4) is 0 Å². The second-order valence-corrected chi connectivity index (χ2v) is 3.71. The van der Waals surface area contributed by atoms with E-state index in [4.69, 9.17) is 0 Å². The molecule has 0 saturated carbocycles. The van der Waals surface area contributed by atoms with E-state index in [-0.39, 0.29) is 18.5 Å². The van der Waals surface area contributed by atoms with Gasteiger partial charge in [-0.3, -0.25) is 0 Å². The van der Waals surface area contributed by atoms with Gasteiger partial charge >= 0.3 is 0 Å². The quantitative estimate of drug-likeness (QED) is 0.746. The third-order valence-corrected chi connectivity index (χ3v) is 2.67. The number of aliphatic hydroxyl groups is 1. The summed E-state index contributed by atoms with van der Waals surface area (Å²) in [4.78, 5) is 0. The van der Waals surface area contributed by atoms with Crippen LogP contribution < -0.4 is 5.32 Å². The molecule has 2 unspecified atom stereocenters. The van der Waals surface area contributed by atoms with Crippen LogP contribution in [0.4, 0.5) is 0 Å². The number of aryl methyl sites for hydroxylation is 1. The Morgan fingerprint density at radius 1 is 1.36 bits per heavy atom. The van der Waals surface area contributed by atoms with Gasteiger partial charge in [-0.2, -0.15) is 0 Å². The summed E-state index contributed by atoms with van der Waals surface area (Å²) in [7, 11) is 0. The van der Waals surface area contributed by atoms with Gasteiger partial charge < -0.3 is 10.4 Å². The van der Waals surface area contributed by atoms with E-state index in [2.05, 4.69) is 30.4 Å². The number of benzene rings is 1. The van der Waals surface area contributed by atoms with Crippen molar-refractivity contribution in [3.63, 3.8) is 0 Å². The maximum atomic E-state index is 9.39. The molecule has 0 radical (unpaired) electrons. The van der Waals surface area contributed by atoms with Gasteiger partial charge in [-0.05, 0) is 24.5 Å². The average Bonchev–Trinajstić information content (AvgIpc) is 2.53. The highest BCUT2D eigenvalue weighted by Gasteiger charge is 2.23. The lowest BCUT2D eigenvalue weighted by Gasteiger charge is -2.12. The van der Waals surface area contributed by atoms with E-state index >= 15 is 0 Å². The Morgan fingerprint density at radius 2 is 2.07 bits per heavy atom. The van der Waals surface area contributed by atoms with Crippen molar-refractivity contribution in [3.05, 3.63) is 35.4 Å². The monoisotopic (exact) mass is 213 g/mol. The predicted molar refractivity (Wildman–Crippen MR) is 59.8 cm³/mol. The summed E-state index contributed by atoms with van der Waals surface area (Å²) in [5.41, 5.74) is 2.62. The molecule has 1 aliphatic heterocycles. The summed E-state index contributed by atoms with van der Waals surface area (Å²) in [6, 6.07) is 8.68. The lowest BCUT2D eigenvalue weighted by atomic mass is 10.00. The minimum atomic E-state index is -0.176. The van der Waals surface area contributed by atoms with Crippen LogP contribution in [0.15, 0.2) is 24.3 Å². The van der Waals surface area contributed by atoms with Crippen LogP contribution in [0.2, 0.25) is 0 Å². The van der Waals surface area contributed by atoms with Gasteiger partial charge in [-0.25, -0.2) is 0 Å². The maximum Gasteiger partial charge on any atom is 0.0682 e. The molecule has 0 spiro atoms. The molecule has 0 aliphatic carbocycles. The van der Waals surface area contributed by atoms with E-state index < -0.39 is 0 Å². The molecule has 78 valence electrons. The molecular formula is C11H16ClNO. The molecule has 0 bridgehead atoms. The Kier molecular flexibility index (Phi) is 3.93. The summed E-state index contributed by atoms with van der Waals surface area (Å²) in [5, 5.41) is 12.7. The molecule has 1 fully saturated rings. The van der Waals surface area contributed by atoms with Crippen LogP contribution in [0.3, 0.4) is 0 Å². The molecule has 14 heavy (non-hydrogen) atoms. The van der Waals surface area contributed by atoms with Crippen LogP contribution in [0.5, 0.6) is 0 Å². The molecule has 0 aromatic heterocycles. The van der Waals surface area contributed by atoms with E-state index in [9.17, 15) is 5.11 Å².